The number of carbonyl (C=O) groups excluding carboxylic acids is 1. The first kappa shape index (κ1) is 13.3. The van der Waals surface area contributed by atoms with E-state index in [4.69, 9.17) is 5.73 Å². The van der Waals surface area contributed by atoms with E-state index in [0.29, 0.717) is 10.6 Å². The lowest BCUT2D eigenvalue weighted by Gasteiger charge is -2.02. The topological polar surface area (TPSA) is 80.9 Å². The number of hydrogen-bond acceptors (Lipinski definition) is 5. The number of anilines is 2. The molecule has 3 rings (SSSR count). The van der Waals surface area contributed by atoms with E-state index in [-0.39, 0.29) is 11.9 Å². The highest BCUT2D eigenvalue weighted by atomic mass is 32.1. The number of hydrogen-bond donors (Lipinski definition) is 2. The molecule has 0 bridgehead atoms. The van der Waals surface area contributed by atoms with Gasteiger partial charge in [0.1, 0.15) is 0 Å². The van der Waals surface area contributed by atoms with Crippen LogP contribution in [0, 0.1) is 0 Å². The summed E-state index contributed by atoms with van der Waals surface area (Å²) in [6.07, 6.45) is 1.60. The molecule has 0 saturated carbocycles. The summed E-state index contributed by atoms with van der Waals surface area (Å²) in [5.74, 6) is 0.0793. The maximum Gasteiger partial charge on any atom is 0.265 e. The van der Waals surface area contributed by atoms with Crippen LogP contribution < -0.4 is 11.1 Å². The molecule has 0 aliphatic rings. The Labute approximate surface area is 125 Å². The second-order valence-corrected chi connectivity index (χ2v) is 5.37. The van der Waals surface area contributed by atoms with Gasteiger partial charge in [0.2, 0.25) is 5.95 Å². The van der Waals surface area contributed by atoms with Crippen molar-refractivity contribution in [3.05, 3.63) is 59.6 Å². The van der Waals surface area contributed by atoms with Crippen LogP contribution in [0.15, 0.2) is 54.7 Å². The second-order valence-electron chi connectivity index (χ2n) is 4.28. The molecule has 21 heavy (non-hydrogen) atoms. The van der Waals surface area contributed by atoms with Gasteiger partial charge < -0.3 is 11.1 Å². The van der Waals surface area contributed by atoms with Gasteiger partial charge in [0.25, 0.3) is 5.91 Å². The lowest BCUT2D eigenvalue weighted by atomic mass is 10.3. The van der Waals surface area contributed by atoms with E-state index >= 15 is 0 Å². The van der Waals surface area contributed by atoms with E-state index in [1.54, 1.807) is 18.3 Å². The number of rotatable bonds is 3. The van der Waals surface area contributed by atoms with Crippen LogP contribution in [0.3, 0.4) is 0 Å². The van der Waals surface area contributed by atoms with Gasteiger partial charge in [-0.1, -0.05) is 18.2 Å². The second kappa shape index (κ2) is 5.72. The highest BCUT2D eigenvalue weighted by Crippen LogP contribution is 2.27. The maximum atomic E-state index is 12.2. The number of nitrogens with zero attached hydrogens (tertiary/aromatic N) is 2. The number of carbonyl (C=O) groups is 1. The minimum Gasteiger partial charge on any atom is -0.368 e. The molecule has 3 aromatic rings. The summed E-state index contributed by atoms with van der Waals surface area (Å²) in [7, 11) is 0. The average Bonchev–Trinajstić information content (AvgIpc) is 2.98. The standard InChI is InChI=1S/C15H12N4OS/c16-15-17-9-8-11(19-15)12-6-7-13(21-12)14(20)18-10-4-2-1-3-5-10/h1-9H,(H,18,20)(H2,16,17,19). The average molecular weight is 296 g/mol. The fourth-order valence-corrected chi connectivity index (χ4v) is 2.69. The van der Waals surface area contributed by atoms with Gasteiger partial charge in [0.15, 0.2) is 0 Å². The van der Waals surface area contributed by atoms with Crippen molar-refractivity contribution in [1.82, 2.24) is 9.97 Å². The van der Waals surface area contributed by atoms with Crippen molar-refractivity contribution in [1.29, 1.82) is 0 Å². The number of amides is 1. The molecule has 0 radical (unpaired) electrons. The maximum absolute atomic E-state index is 12.2. The molecule has 2 aromatic heterocycles. The lowest BCUT2D eigenvalue weighted by Crippen LogP contribution is -2.09. The number of nitrogens with two attached hydrogens (primary N) is 1. The normalized spacial score (nSPS) is 10.3. The summed E-state index contributed by atoms with van der Waals surface area (Å²) >= 11 is 1.36. The van der Waals surface area contributed by atoms with Crippen LogP contribution in [0.1, 0.15) is 9.67 Å². The summed E-state index contributed by atoms with van der Waals surface area (Å²) in [4.78, 5) is 21.7. The molecule has 0 atom stereocenters. The zero-order valence-electron chi connectivity index (χ0n) is 11.0. The van der Waals surface area contributed by atoms with Gasteiger partial charge in [-0.05, 0) is 30.3 Å². The van der Waals surface area contributed by atoms with Crippen molar-refractivity contribution in [3.8, 4) is 10.6 Å². The summed E-state index contributed by atoms with van der Waals surface area (Å²) in [5, 5.41) is 2.85. The SMILES string of the molecule is Nc1nccc(-c2ccc(C(=O)Nc3ccccc3)s2)n1. The summed E-state index contributed by atoms with van der Waals surface area (Å²) in [5.41, 5.74) is 7.05. The molecule has 0 aliphatic heterocycles. The smallest absolute Gasteiger partial charge is 0.265 e. The molecule has 1 amide bonds. The Morgan fingerprint density at radius 1 is 1.10 bits per heavy atom. The molecule has 1 aromatic carbocycles. The van der Waals surface area contributed by atoms with Crippen LogP contribution in [0.25, 0.3) is 10.6 Å². The number of nitrogen functional groups attached to an aromatic ring is 1. The van der Waals surface area contributed by atoms with Crippen LogP contribution in [-0.2, 0) is 0 Å². The highest BCUT2D eigenvalue weighted by molar-refractivity contribution is 7.17. The Morgan fingerprint density at radius 3 is 2.67 bits per heavy atom. The van der Waals surface area contributed by atoms with Gasteiger partial charge in [-0.15, -0.1) is 11.3 Å². The van der Waals surface area contributed by atoms with E-state index in [1.165, 1.54) is 11.3 Å². The predicted molar refractivity (Wildman–Crippen MR) is 84.2 cm³/mol. The van der Waals surface area contributed by atoms with E-state index in [0.717, 1.165) is 10.6 Å². The van der Waals surface area contributed by atoms with Gasteiger partial charge in [-0.3, -0.25) is 4.79 Å². The van der Waals surface area contributed by atoms with Crippen molar-refractivity contribution in [3.63, 3.8) is 0 Å². The zero-order chi connectivity index (χ0) is 14.7. The number of nitrogens with one attached hydrogen (secondary N) is 1. The fraction of sp³-hybridized carbons (Fsp3) is 0. The molecule has 104 valence electrons. The Bertz CT molecular complexity index is 770. The Kier molecular flexibility index (Phi) is 3.61. The van der Waals surface area contributed by atoms with Gasteiger partial charge in [-0.2, -0.15) is 0 Å². The number of aromatic nitrogens is 2. The molecule has 0 spiro atoms. The van der Waals surface area contributed by atoms with Crippen LogP contribution in [-0.4, -0.2) is 15.9 Å². The number of benzene rings is 1. The van der Waals surface area contributed by atoms with Crippen molar-refractivity contribution in [2.24, 2.45) is 0 Å². The quantitative estimate of drug-likeness (QED) is 0.778. The third kappa shape index (κ3) is 3.06. The van der Waals surface area contributed by atoms with Crippen LogP contribution in [0.5, 0.6) is 0 Å². The largest absolute Gasteiger partial charge is 0.368 e. The molecule has 0 unspecified atom stereocenters. The molecule has 6 heteroatoms. The highest BCUT2D eigenvalue weighted by Gasteiger charge is 2.11. The van der Waals surface area contributed by atoms with E-state index in [9.17, 15) is 4.79 Å². The fourth-order valence-electron chi connectivity index (χ4n) is 1.82. The van der Waals surface area contributed by atoms with Crippen molar-refractivity contribution >= 4 is 28.9 Å². The Hall–Kier alpha value is -2.73. The molecule has 2 heterocycles. The third-order valence-corrected chi connectivity index (χ3v) is 3.89. The van der Waals surface area contributed by atoms with Crippen molar-refractivity contribution in [2.45, 2.75) is 0 Å². The van der Waals surface area contributed by atoms with Gasteiger partial charge >= 0.3 is 0 Å². The zero-order valence-corrected chi connectivity index (χ0v) is 11.8. The van der Waals surface area contributed by atoms with E-state index in [2.05, 4.69) is 15.3 Å². The molecule has 5 nitrogen and oxygen atoms in total. The van der Waals surface area contributed by atoms with Gasteiger partial charge in [0, 0.05) is 11.9 Å². The van der Waals surface area contributed by atoms with Crippen LogP contribution in [0.2, 0.25) is 0 Å². The van der Waals surface area contributed by atoms with Crippen molar-refractivity contribution in [2.75, 3.05) is 11.1 Å². The lowest BCUT2D eigenvalue weighted by molar-refractivity contribution is 0.103. The van der Waals surface area contributed by atoms with Crippen LogP contribution >= 0.6 is 11.3 Å². The van der Waals surface area contributed by atoms with Crippen LogP contribution in [0.4, 0.5) is 11.6 Å². The summed E-state index contributed by atoms with van der Waals surface area (Å²) in [6.45, 7) is 0. The molecule has 0 fully saturated rings. The first-order valence-electron chi connectivity index (χ1n) is 6.27. The first-order chi connectivity index (χ1) is 10.2. The first-order valence-corrected chi connectivity index (χ1v) is 7.09. The van der Waals surface area contributed by atoms with Gasteiger partial charge in [-0.25, -0.2) is 9.97 Å². The number of thiophene rings is 1. The van der Waals surface area contributed by atoms with Crippen molar-refractivity contribution < 1.29 is 4.79 Å². The Morgan fingerprint density at radius 2 is 1.90 bits per heavy atom. The van der Waals surface area contributed by atoms with Gasteiger partial charge in [0.05, 0.1) is 15.4 Å². The molecular formula is C15H12N4OS. The molecule has 0 aliphatic carbocycles. The molecular weight excluding hydrogens is 284 g/mol. The van der Waals surface area contributed by atoms with E-state index in [1.807, 2.05) is 36.4 Å². The minimum atomic E-state index is -0.139. The predicted octanol–water partition coefficient (Wildman–Crippen LogP) is 3.04. The van der Waals surface area contributed by atoms with E-state index < -0.39 is 0 Å². The molecule has 0 saturated heterocycles. The summed E-state index contributed by atoms with van der Waals surface area (Å²) < 4.78 is 0. The minimum absolute atomic E-state index is 0.139. The monoisotopic (exact) mass is 296 g/mol. The molecule has 3 N–H and O–H groups in total. The third-order valence-electron chi connectivity index (χ3n) is 2.79. The Balaban J connectivity index is 1.80. The summed E-state index contributed by atoms with van der Waals surface area (Å²) in [6, 6.07) is 14.7. The number of para-hydroxylation sites is 1.